The molecular formula is C16H28N2. The summed E-state index contributed by atoms with van der Waals surface area (Å²) in [5, 5.41) is 13.1. The zero-order valence-corrected chi connectivity index (χ0v) is 11.8. The molecule has 2 atom stereocenters. The number of hydrogen-bond donors (Lipinski definition) is 1. The van der Waals surface area contributed by atoms with Gasteiger partial charge in [0.15, 0.2) is 0 Å². The molecule has 0 aromatic carbocycles. The SMILES string of the molecule is CCC1CCC(NC2CCCCCC2C#N)CC1. The minimum Gasteiger partial charge on any atom is -0.310 e. The fourth-order valence-corrected chi connectivity index (χ4v) is 3.70. The predicted molar refractivity (Wildman–Crippen MR) is 75.1 cm³/mol. The summed E-state index contributed by atoms with van der Waals surface area (Å²) < 4.78 is 0. The van der Waals surface area contributed by atoms with Crippen LogP contribution in [0.2, 0.25) is 0 Å². The van der Waals surface area contributed by atoms with Crippen LogP contribution in [0.1, 0.15) is 71.1 Å². The third kappa shape index (κ3) is 3.72. The molecule has 2 nitrogen and oxygen atoms in total. The number of nitrogens with one attached hydrogen (secondary N) is 1. The standard InChI is InChI=1S/C16H28N2/c1-2-13-8-10-15(11-9-13)18-16-7-5-3-4-6-14(16)12-17/h13-16,18H,2-11H2,1H3. The molecule has 0 aromatic rings. The van der Waals surface area contributed by atoms with Gasteiger partial charge in [-0.2, -0.15) is 5.26 Å². The molecular weight excluding hydrogens is 220 g/mol. The zero-order chi connectivity index (χ0) is 12.8. The van der Waals surface area contributed by atoms with Crippen molar-refractivity contribution in [2.75, 3.05) is 0 Å². The molecule has 0 bridgehead atoms. The highest BCUT2D eigenvalue weighted by Crippen LogP contribution is 2.29. The lowest BCUT2D eigenvalue weighted by Crippen LogP contribution is -2.43. The lowest BCUT2D eigenvalue weighted by Gasteiger charge is -2.33. The van der Waals surface area contributed by atoms with Crippen LogP contribution in [0.15, 0.2) is 0 Å². The van der Waals surface area contributed by atoms with E-state index in [1.165, 1.54) is 57.8 Å². The Morgan fingerprint density at radius 2 is 1.72 bits per heavy atom. The van der Waals surface area contributed by atoms with Crippen molar-refractivity contribution in [2.24, 2.45) is 11.8 Å². The van der Waals surface area contributed by atoms with Gasteiger partial charge in [-0.1, -0.05) is 32.6 Å². The number of nitrogens with zero attached hydrogens (tertiary/aromatic N) is 1. The van der Waals surface area contributed by atoms with E-state index in [0.29, 0.717) is 12.1 Å². The Morgan fingerprint density at radius 1 is 1.00 bits per heavy atom. The van der Waals surface area contributed by atoms with Crippen LogP contribution in [-0.4, -0.2) is 12.1 Å². The first-order chi connectivity index (χ1) is 8.83. The summed E-state index contributed by atoms with van der Waals surface area (Å²) in [5.41, 5.74) is 0. The van der Waals surface area contributed by atoms with Crippen LogP contribution in [0.25, 0.3) is 0 Å². The van der Waals surface area contributed by atoms with Gasteiger partial charge in [0.05, 0.1) is 12.0 Å². The van der Waals surface area contributed by atoms with Crippen LogP contribution in [0.3, 0.4) is 0 Å². The average molecular weight is 248 g/mol. The van der Waals surface area contributed by atoms with Crippen molar-refractivity contribution in [2.45, 2.75) is 83.2 Å². The molecule has 0 amide bonds. The smallest absolute Gasteiger partial charge is 0.0672 e. The molecule has 2 fully saturated rings. The van der Waals surface area contributed by atoms with E-state index in [4.69, 9.17) is 0 Å². The molecule has 2 unspecified atom stereocenters. The first-order valence-corrected chi connectivity index (χ1v) is 7.99. The van der Waals surface area contributed by atoms with Gasteiger partial charge in [0.2, 0.25) is 0 Å². The first kappa shape index (κ1) is 13.9. The van der Waals surface area contributed by atoms with Gasteiger partial charge >= 0.3 is 0 Å². The summed E-state index contributed by atoms with van der Waals surface area (Å²) in [5.74, 6) is 1.22. The quantitative estimate of drug-likeness (QED) is 0.766. The van der Waals surface area contributed by atoms with E-state index in [1.807, 2.05) is 0 Å². The van der Waals surface area contributed by atoms with E-state index in [0.717, 1.165) is 12.3 Å². The molecule has 18 heavy (non-hydrogen) atoms. The van der Waals surface area contributed by atoms with Gasteiger partial charge in [0, 0.05) is 12.1 Å². The molecule has 0 aromatic heterocycles. The lowest BCUT2D eigenvalue weighted by molar-refractivity contribution is 0.249. The Bertz CT molecular complexity index is 273. The summed E-state index contributed by atoms with van der Waals surface area (Å²) in [4.78, 5) is 0. The second kappa shape index (κ2) is 7.14. The lowest BCUT2D eigenvalue weighted by atomic mass is 9.83. The van der Waals surface area contributed by atoms with Gasteiger partial charge in [-0.05, 0) is 44.4 Å². The van der Waals surface area contributed by atoms with Gasteiger partial charge < -0.3 is 5.32 Å². The Labute approximate surface area is 112 Å². The second-order valence-electron chi connectivity index (χ2n) is 6.27. The van der Waals surface area contributed by atoms with Crippen LogP contribution < -0.4 is 5.32 Å². The Balaban J connectivity index is 1.82. The molecule has 1 N–H and O–H groups in total. The van der Waals surface area contributed by atoms with Crippen molar-refractivity contribution < 1.29 is 0 Å². The average Bonchev–Trinajstić information content (AvgIpc) is 2.64. The van der Waals surface area contributed by atoms with Crippen molar-refractivity contribution >= 4 is 0 Å². The fourth-order valence-electron chi connectivity index (χ4n) is 3.70. The molecule has 2 saturated carbocycles. The predicted octanol–water partition coefficient (Wildman–Crippen LogP) is 4.02. The molecule has 2 rings (SSSR count). The summed E-state index contributed by atoms with van der Waals surface area (Å²) >= 11 is 0. The topological polar surface area (TPSA) is 35.8 Å². The summed E-state index contributed by atoms with van der Waals surface area (Å²) in [6, 6.07) is 3.70. The summed E-state index contributed by atoms with van der Waals surface area (Å²) in [6.07, 6.45) is 13.0. The van der Waals surface area contributed by atoms with Gasteiger partial charge in [-0.15, -0.1) is 0 Å². The van der Waals surface area contributed by atoms with E-state index in [-0.39, 0.29) is 5.92 Å². The zero-order valence-electron chi connectivity index (χ0n) is 11.8. The molecule has 2 aliphatic carbocycles. The highest BCUT2D eigenvalue weighted by atomic mass is 15.0. The van der Waals surface area contributed by atoms with Crippen molar-refractivity contribution in [1.29, 1.82) is 5.26 Å². The molecule has 0 spiro atoms. The molecule has 2 heteroatoms. The van der Waals surface area contributed by atoms with Gasteiger partial charge in [-0.25, -0.2) is 0 Å². The monoisotopic (exact) mass is 248 g/mol. The number of hydrogen-bond acceptors (Lipinski definition) is 2. The minimum atomic E-state index is 0.261. The van der Waals surface area contributed by atoms with E-state index >= 15 is 0 Å². The molecule has 0 heterocycles. The Hall–Kier alpha value is -0.550. The number of rotatable bonds is 3. The molecule has 0 aliphatic heterocycles. The van der Waals surface area contributed by atoms with E-state index in [9.17, 15) is 5.26 Å². The Morgan fingerprint density at radius 3 is 2.39 bits per heavy atom. The maximum absolute atomic E-state index is 9.31. The maximum Gasteiger partial charge on any atom is 0.0672 e. The van der Waals surface area contributed by atoms with Crippen molar-refractivity contribution in [3.05, 3.63) is 0 Å². The fraction of sp³-hybridized carbons (Fsp3) is 0.938. The molecule has 0 radical (unpaired) electrons. The minimum absolute atomic E-state index is 0.261. The van der Waals surface area contributed by atoms with Crippen LogP contribution >= 0.6 is 0 Å². The van der Waals surface area contributed by atoms with Crippen molar-refractivity contribution in [1.82, 2.24) is 5.32 Å². The van der Waals surface area contributed by atoms with Crippen LogP contribution in [0, 0.1) is 23.2 Å². The maximum atomic E-state index is 9.31. The largest absolute Gasteiger partial charge is 0.310 e. The first-order valence-electron chi connectivity index (χ1n) is 7.99. The van der Waals surface area contributed by atoms with E-state index < -0.39 is 0 Å². The van der Waals surface area contributed by atoms with E-state index in [2.05, 4.69) is 18.3 Å². The van der Waals surface area contributed by atoms with Crippen LogP contribution in [0.4, 0.5) is 0 Å². The molecule has 0 saturated heterocycles. The van der Waals surface area contributed by atoms with Crippen LogP contribution in [0.5, 0.6) is 0 Å². The van der Waals surface area contributed by atoms with Crippen LogP contribution in [-0.2, 0) is 0 Å². The van der Waals surface area contributed by atoms with Crippen molar-refractivity contribution in [3.63, 3.8) is 0 Å². The van der Waals surface area contributed by atoms with Gasteiger partial charge in [-0.3, -0.25) is 0 Å². The Kier molecular flexibility index (Phi) is 5.50. The van der Waals surface area contributed by atoms with Gasteiger partial charge in [0.1, 0.15) is 0 Å². The second-order valence-corrected chi connectivity index (χ2v) is 6.27. The van der Waals surface area contributed by atoms with E-state index in [1.54, 1.807) is 0 Å². The highest BCUT2D eigenvalue weighted by Gasteiger charge is 2.27. The third-order valence-corrected chi connectivity index (χ3v) is 5.06. The number of nitriles is 1. The third-order valence-electron chi connectivity index (χ3n) is 5.06. The molecule has 102 valence electrons. The van der Waals surface area contributed by atoms with Crippen molar-refractivity contribution in [3.8, 4) is 6.07 Å². The highest BCUT2D eigenvalue weighted by molar-refractivity contribution is 4.95. The summed E-state index contributed by atoms with van der Waals surface area (Å²) in [6.45, 7) is 2.31. The summed E-state index contributed by atoms with van der Waals surface area (Å²) in [7, 11) is 0. The van der Waals surface area contributed by atoms with Gasteiger partial charge in [0.25, 0.3) is 0 Å². The molecule has 2 aliphatic rings. The normalized spacial score (nSPS) is 37.8.